The normalized spacial score (nSPS) is 15.2. The van der Waals surface area contributed by atoms with Gasteiger partial charge in [0.05, 0.1) is 23.7 Å². The van der Waals surface area contributed by atoms with Crippen LogP contribution in [0.15, 0.2) is 66.7 Å². The van der Waals surface area contributed by atoms with E-state index in [0.29, 0.717) is 40.4 Å². The second-order valence-electron chi connectivity index (χ2n) is 7.78. The summed E-state index contributed by atoms with van der Waals surface area (Å²) in [5, 5.41) is 1.06. The molecular formula is C25H23Cl2N3O4. The first-order valence-corrected chi connectivity index (χ1v) is 11.4. The number of hydrazine groups is 1. The molecule has 3 aromatic carbocycles. The number of hydrogen-bond donors (Lipinski definition) is 2. The fourth-order valence-corrected chi connectivity index (χ4v) is 3.93. The van der Waals surface area contributed by atoms with Crippen LogP contribution in [0.1, 0.15) is 12.0 Å². The van der Waals surface area contributed by atoms with Crippen LogP contribution in [0.25, 0.3) is 0 Å². The predicted molar refractivity (Wildman–Crippen MR) is 132 cm³/mol. The van der Waals surface area contributed by atoms with Crippen LogP contribution in [0.3, 0.4) is 0 Å². The van der Waals surface area contributed by atoms with Crippen molar-refractivity contribution < 1.29 is 19.1 Å². The summed E-state index contributed by atoms with van der Waals surface area (Å²) in [5.74, 6) is 0.373. The van der Waals surface area contributed by atoms with Gasteiger partial charge in [-0.05, 0) is 60.2 Å². The largest absolute Gasteiger partial charge is 0.497 e. The Morgan fingerprint density at radius 3 is 2.47 bits per heavy atom. The molecule has 3 aromatic rings. The zero-order valence-corrected chi connectivity index (χ0v) is 19.9. The molecule has 4 rings (SSSR count). The number of carbonyl (C=O) groups is 2. The topological polar surface area (TPSA) is 79.9 Å². The number of ether oxygens (including phenoxy) is 2. The molecule has 2 amide bonds. The van der Waals surface area contributed by atoms with Gasteiger partial charge in [0, 0.05) is 23.7 Å². The van der Waals surface area contributed by atoms with Gasteiger partial charge in [-0.2, -0.15) is 0 Å². The van der Waals surface area contributed by atoms with Gasteiger partial charge in [0.1, 0.15) is 18.1 Å². The highest BCUT2D eigenvalue weighted by atomic mass is 35.5. The molecule has 0 radical (unpaired) electrons. The zero-order chi connectivity index (χ0) is 24.1. The molecule has 0 saturated carbocycles. The molecular weight excluding hydrogens is 477 g/mol. The van der Waals surface area contributed by atoms with E-state index < -0.39 is 5.92 Å². The Kier molecular flexibility index (Phi) is 7.45. The first-order valence-electron chi connectivity index (χ1n) is 10.6. The van der Waals surface area contributed by atoms with Gasteiger partial charge in [0.15, 0.2) is 0 Å². The predicted octanol–water partition coefficient (Wildman–Crippen LogP) is 5.08. The summed E-state index contributed by atoms with van der Waals surface area (Å²) in [6, 6.07) is 19.6. The van der Waals surface area contributed by atoms with Crippen LogP contribution in [0.5, 0.6) is 11.5 Å². The van der Waals surface area contributed by atoms with Gasteiger partial charge in [-0.15, -0.1) is 0 Å². The summed E-state index contributed by atoms with van der Waals surface area (Å²) in [6.07, 6.45) is 0.137. The van der Waals surface area contributed by atoms with Crippen LogP contribution in [0.4, 0.5) is 11.4 Å². The highest BCUT2D eigenvalue weighted by Crippen LogP contribution is 2.29. The summed E-state index contributed by atoms with van der Waals surface area (Å²) in [4.78, 5) is 26.7. The molecule has 0 aromatic heterocycles. The van der Waals surface area contributed by atoms with Gasteiger partial charge in [-0.25, -0.2) is 0 Å². The van der Waals surface area contributed by atoms with Crippen LogP contribution >= 0.6 is 23.2 Å². The van der Waals surface area contributed by atoms with E-state index >= 15 is 0 Å². The van der Waals surface area contributed by atoms with Gasteiger partial charge < -0.3 is 14.4 Å². The smallest absolute Gasteiger partial charge is 0.243 e. The number of hydrogen-bond acceptors (Lipinski definition) is 5. The Hall–Kier alpha value is -3.42. The van der Waals surface area contributed by atoms with Crippen molar-refractivity contribution in [3.8, 4) is 11.5 Å². The average molecular weight is 500 g/mol. The third kappa shape index (κ3) is 5.73. The molecule has 0 bridgehead atoms. The van der Waals surface area contributed by atoms with E-state index in [9.17, 15) is 9.59 Å². The number of methoxy groups -OCH3 is 1. The molecule has 0 aliphatic carbocycles. The average Bonchev–Trinajstić information content (AvgIpc) is 3.24. The summed E-state index contributed by atoms with van der Waals surface area (Å²) < 4.78 is 10.9. The SMILES string of the molecule is COc1ccc(N2C[C@@H](C(=O)NNc3ccc(OCc4ccc(Cl)cc4)c(Cl)c3)CC2=O)cc1. The molecule has 34 heavy (non-hydrogen) atoms. The minimum atomic E-state index is -0.473. The number of rotatable bonds is 8. The highest BCUT2D eigenvalue weighted by molar-refractivity contribution is 6.32. The Labute approximate surface area is 207 Å². The monoisotopic (exact) mass is 499 g/mol. The molecule has 1 aliphatic rings. The lowest BCUT2D eigenvalue weighted by Crippen LogP contribution is -2.36. The van der Waals surface area contributed by atoms with Gasteiger partial charge in [0.25, 0.3) is 0 Å². The maximum absolute atomic E-state index is 12.6. The lowest BCUT2D eigenvalue weighted by molar-refractivity contribution is -0.125. The molecule has 0 unspecified atom stereocenters. The summed E-state index contributed by atoms with van der Waals surface area (Å²) in [7, 11) is 1.58. The number of anilines is 2. The number of nitrogens with zero attached hydrogens (tertiary/aromatic N) is 1. The van der Waals surface area contributed by atoms with Crippen LogP contribution < -0.4 is 25.2 Å². The maximum Gasteiger partial charge on any atom is 0.243 e. The second-order valence-corrected chi connectivity index (χ2v) is 8.62. The van der Waals surface area contributed by atoms with E-state index in [0.717, 1.165) is 11.3 Å². The molecule has 176 valence electrons. The first-order chi connectivity index (χ1) is 16.4. The van der Waals surface area contributed by atoms with E-state index in [-0.39, 0.29) is 18.2 Å². The van der Waals surface area contributed by atoms with Crippen molar-refractivity contribution >= 4 is 46.4 Å². The standard InChI is InChI=1S/C25H23Cl2N3O4/c1-33-21-9-7-20(8-10-21)30-14-17(12-24(30)31)25(32)29-28-19-6-11-23(22(27)13-19)34-15-16-2-4-18(26)5-3-16/h2-11,13,17,28H,12,14-15H2,1H3,(H,29,32)/t17-/m0/s1. The Morgan fingerprint density at radius 2 is 1.79 bits per heavy atom. The molecule has 1 aliphatic heterocycles. The zero-order valence-electron chi connectivity index (χ0n) is 18.4. The van der Waals surface area contributed by atoms with E-state index in [1.54, 1.807) is 66.6 Å². The number of amides is 2. The Balaban J connectivity index is 1.29. The number of halogens is 2. The van der Waals surface area contributed by atoms with E-state index in [2.05, 4.69) is 10.9 Å². The first kappa shape index (κ1) is 23.7. The number of carbonyl (C=O) groups excluding carboxylic acids is 2. The fourth-order valence-electron chi connectivity index (χ4n) is 3.57. The molecule has 2 N–H and O–H groups in total. The third-order valence-corrected chi connectivity index (χ3v) is 6.00. The maximum atomic E-state index is 12.6. The highest BCUT2D eigenvalue weighted by Gasteiger charge is 2.35. The van der Waals surface area contributed by atoms with E-state index in [1.165, 1.54) is 0 Å². The molecule has 1 saturated heterocycles. The molecule has 1 fully saturated rings. The van der Waals surface area contributed by atoms with E-state index in [4.69, 9.17) is 32.7 Å². The van der Waals surface area contributed by atoms with Gasteiger partial charge in [0.2, 0.25) is 11.8 Å². The van der Waals surface area contributed by atoms with Gasteiger partial charge >= 0.3 is 0 Å². The lowest BCUT2D eigenvalue weighted by atomic mass is 10.1. The fraction of sp³-hybridized carbons (Fsp3) is 0.200. The van der Waals surface area contributed by atoms with E-state index in [1.807, 2.05) is 12.1 Å². The van der Waals surface area contributed by atoms with Crippen molar-refractivity contribution in [2.75, 3.05) is 24.0 Å². The quantitative estimate of drug-likeness (QED) is 0.422. The molecule has 0 spiro atoms. The molecule has 1 heterocycles. The van der Waals surface area contributed by atoms with Crippen LogP contribution in [0.2, 0.25) is 10.0 Å². The van der Waals surface area contributed by atoms with Crippen molar-refractivity contribution in [2.45, 2.75) is 13.0 Å². The lowest BCUT2D eigenvalue weighted by Gasteiger charge is -2.17. The Bertz CT molecular complexity index is 1170. The molecule has 1 atom stereocenters. The number of benzene rings is 3. The third-order valence-electron chi connectivity index (χ3n) is 5.45. The van der Waals surface area contributed by atoms with Crippen LogP contribution in [-0.2, 0) is 16.2 Å². The van der Waals surface area contributed by atoms with Crippen LogP contribution in [0, 0.1) is 5.92 Å². The molecule has 9 heteroatoms. The number of nitrogens with one attached hydrogen (secondary N) is 2. The van der Waals surface area contributed by atoms with Crippen molar-refractivity contribution in [1.82, 2.24) is 5.43 Å². The minimum Gasteiger partial charge on any atom is -0.497 e. The summed E-state index contributed by atoms with van der Waals surface area (Å²) in [6.45, 7) is 0.651. The van der Waals surface area contributed by atoms with Crippen molar-refractivity contribution in [3.05, 3.63) is 82.3 Å². The minimum absolute atomic E-state index is 0.101. The van der Waals surface area contributed by atoms with Crippen molar-refractivity contribution in [3.63, 3.8) is 0 Å². The summed E-state index contributed by atoms with van der Waals surface area (Å²) in [5.41, 5.74) is 7.80. The van der Waals surface area contributed by atoms with Crippen LogP contribution in [-0.4, -0.2) is 25.5 Å². The Morgan fingerprint density at radius 1 is 1.06 bits per heavy atom. The van der Waals surface area contributed by atoms with Crippen molar-refractivity contribution in [1.29, 1.82) is 0 Å². The van der Waals surface area contributed by atoms with Crippen molar-refractivity contribution in [2.24, 2.45) is 5.92 Å². The van der Waals surface area contributed by atoms with Gasteiger partial charge in [-0.3, -0.25) is 20.4 Å². The summed E-state index contributed by atoms with van der Waals surface area (Å²) >= 11 is 12.2. The molecule has 7 nitrogen and oxygen atoms in total. The second kappa shape index (κ2) is 10.7. The van der Waals surface area contributed by atoms with Gasteiger partial charge in [-0.1, -0.05) is 35.3 Å².